The van der Waals surface area contributed by atoms with E-state index in [0.29, 0.717) is 12.0 Å². The van der Waals surface area contributed by atoms with Gasteiger partial charge in [-0.3, -0.25) is 4.79 Å². The summed E-state index contributed by atoms with van der Waals surface area (Å²) in [6.07, 6.45) is 0.989. The van der Waals surface area contributed by atoms with Crippen LogP contribution in [-0.4, -0.2) is 14.0 Å². The molecule has 0 aliphatic rings. The van der Waals surface area contributed by atoms with E-state index in [1.54, 1.807) is 0 Å². The minimum atomic E-state index is -1.83. The zero-order valence-corrected chi connectivity index (χ0v) is 14.5. The summed E-state index contributed by atoms with van der Waals surface area (Å²) >= 11 is 0. The molecule has 0 bridgehead atoms. The predicted octanol–water partition coefficient (Wildman–Crippen LogP) is 4.54. The zero-order valence-electron chi connectivity index (χ0n) is 13.5. The molecule has 0 N–H and O–H groups in total. The average molecular weight is 323 g/mol. The van der Waals surface area contributed by atoms with Gasteiger partial charge in [-0.05, 0) is 28.2 Å². The summed E-state index contributed by atoms with van der Waals surface area (Å²) in [5.74, 6) is -0.383. The van der Waals surface area contributed by atoms with E-state index < -0.39 is 8.07 Å². The molecule has 4 nitrogen and oxygen atoms in total. The molecule has 5 heteroatoms. The van der Waals surface area contributed by atoms with Crippen molar-refractivity contribution in [1.82, 2.24) is 0 Å². The van der Waals surface area contributed by atoms with Gasteiger partial charge < -0.3 is 0 Å². The Bertz CT molecular complexity index is 695. The Kier molecular flexibility index (Phi) is 5.74. The van der Waals surface area contributed by atoms with E-state index in [0.717, 1.165) is 0 Å². The number of hydrogen-bond donors (Lipinski definition) is 0. The van der Waals surface area contributed by atoms with Gasteiger partial charge in [0.1, 0.15) is 0 Å². The van der Waals surface area contributed by atoms with Gasteiger partial charge in [0.15, 0.2) is 0 Å². The summed E-state index contributed by atoms with van der Waals surface area (Å²) in [5, 5.41) is 4.57. The fourth-order valence-corrected chi connectivity index (χ4v) is 6.41. The highest BCUT2D eigenvalue weighted by Gasteiger charge is 2.34. The molecule has 2 rings (SSSR count). The fraction of sp³-hybridized carbons (Fsp3) is 0.278. The molecular weight excluding hydrogens is 302 g/mol. The average Bonchev–Trinajstić information content (AvgIpc) is 2.57. The van der Waals surface area contributed by atoms with Crippen LogP contribution in [0.15, 0.2) is 65.8 Å². The summed E-state index contributed by atoms with van der Waals surface area (Å²) in [6, 6.07) is 20.8. The van der Waals surface area contributed by atoms with Crippen LogP contribution < -0.4 is 5.19 Å². The first-order chi connectivity index (χ1) is 11.1. The predicted molar refractivity (Wildman–Crippen MR) is 96.1 cm³/mol. The molecule has 0 aliphatic carbocycles. The molecule has 0 fully saturated rings. The van der Waals surface area contributed by atoms with E-state index >= 15 is 0 Å². The van der Waals surface area contributed by atoms with Gasteiger partial charge in [-0.1, -0.05) is 78.9 Å². The lowest BCUT2D eigenvalue weighted by molar-refractivity contribution is -0.118. The van der Waals surface area contributed by atoms with Crippen LogP contribution in [0.3, 0.4) is 0 Å². The quantitative estimate of drug-likeness (QED) is 0.333. The van der Waals surface area contributed by atoms with Gasteiger partial charge >= 0.3 is 0 Å². The molecule has 1 atom stereocenters. The van der Waals surface area contributed by atoms with Gasteiger partial charge in [-0.2, -0.15) is 0 Å². The van der Waals surface area contributed by atoms with Crippen LogP contribution in [0.5, 0.6) is 0 Å². The molecule has 23 heavy (non-hydrogen) atoms. The maximum absolute atomic E-state index is 11.6. The van der Waals surface area contributed by atoms with Crippen LogP contribution in [0.2, 0.25) is 13.1 Å². The van der Waals surface area contributed by atoms with Gasteiger partial charge in [0.05, 0.1) is 8.07 Å². The molecule has 0 saturated heterocycles. The number of benzene rings is 2. The van der Waals surface area contributed by atoms with Gasteiger partial charge in [-0.15, -0.1) is 0 Å². The standard InChI is InChI=1S/C18H21N3OSi/c1-23(2,16-11-7-4-8-12-16)17(13-14-18(22)20-21-19)15-9-5-3-6-10-15/h3-12,17H,13-14H2,1-2H3. The number of carbonyl (C=O) groups excluding carboxylic acids is 1. The first-order valence-electron chi connectivity index (χ1n) is 7.74. The molecule has 2 aromatic rings. The summed E-state index contributed by atoms with van der Waals surface area (Å²) in [5.41, 5.74) is 9.95. The molecule has 0 radical (unpaired) electrons. The summed E-state index contributed by atoms with van der Waals surface area (Å²) in [7, 11) is -1.83. The third-order valence-electron chi connectivity index (χ3n) is 4.39. The van der Waals surface area contributed by atoms with E-state index in [1.165, 1.54) is 10.8 Å². The highest BCUT2D eigenvalue weighted by molar-refractivity contribution is 6.90. The van der Waals surface area contributed by atoms with Crippen molar-refractivity contribution < 1.29 is 4.79 Å². The smallest absolute Gasteiger partial charge is 0.218 e. The van der Waals surface area contributed by atoms with Crippen LogP contribution in [-0.2, 0) is 4.79 Å². The molecular formula is C18H21N3OSi. The van der Waals surface area contributed by atoms with Crippen molar-refractivity contribution in [2.45, 2.75) is 31.5 Å². The lowest BCUT2D eigenvalue weighted by atomic mass is 10.1. The first-order valence-corrected chi connectivity index (χ1v) is 10.8. The second-order valence-corrected chi connectivity index (χ2v) is 10.9. The third-order valence-corrected chi connectivity index (χ3v) is 8.58. The highest BCUT2D eigenvalue weighted by atomic mass is 28.3. The van der Waals surface area contributed by atoms with E-state index in [-0.39, 0.29) is 12.3 Å². The van der Waals surface area contributed by atoms with Crippen molar-refractivity contribution in [3.8, 4) is 0 Å². The van der Waals surface area contributed by atoms with Crippen LogP contribution in [0.25, 0.3) is 10.4 Å². The minimum absolute atomic E-state index is 0.285. The molecule has 1 amide bonds. The normalized spacial score (nSPS) is 12.3. The van der Waals surface area contributed by atoms with Crippen molar-refractivity contribution in [3.05, 3.63) is 76.7 Å². The number of nitrogens with zero attached hydrogens (tertiary/aromatic N) is 3. The van der Waals surface area contributed by atoms with E-state index in [2.05, 4.69) is 59.5 Å². The lowest BCUT2D eigenvalue weighted by Gasteiger charge is -2.33. The molecule has 0 aromatic heterocycles. The van der Waals surface area contributed by atoms with E-state index in [4.69, 9.17) is 5.53 Å². The highest BCUT2D eigenvalue weighted by Crippen LogP contribution is 2.31. The van der Waals surface area contributed by atoms with Gasteiger partial charge in [-0.25, -0.2) is 0 Å². The number of azide groups is 1. The van der Waals surface area contributed by atoms with E-state index in [9.17, 15) is 4.79 Å². The Labute approximate surface area is 137 Å². The lowest BCUT2D eigenvalue weighted by Crippen LogP contribution is -2.47. The Balaban J connectivity index is 2.33. The van der Waals surface area contributed by atoms with Crippen molar-refractivity contribution >= 4 is 19.2 Å². The topological polar surface area (TPSA) is 65.8 Å². The molecule has 1 unspecified atom stereocenters. The SMILES string of the molecule is C[Si](C)(c1ccccc1)C(CCC(=O)N=[N+]=[N-])c1ccccc1. The van der Waals surface area contributed by atoms with Gasteiger partial charge in [0, 0.05) is 11.3 Å². The van der Waals surface area contributed by atoms with Crippen molar-refractivity contribution in [2.75, 3.05) is 0 Å². The summed E-state index contributed by atoms with van der Waals surface area (Å²) in [4.78, 5) is 14.2. The fourth-order valence-electron chi connectivity index (χ4n) is 3.07. The Morgan fingerprint density at radius 3 is 2.22 bits per heavy atom. The zero-order chi connectivity index (χ0) is 16.7. The third kappa shape index (κ3) is 4.31. The Morgan fingerprint density at radius 1 is 1.09 bits per heavy atom. The van der Waals surface area contributed by atoms with Crippen LogP contribution in [0.1, 0.15) is 23.9 Å². The maximum atomic E-state index is 11.6. The van der Waals surface area contributed by atoms with Crippen LogP contribution >= 0.6 is 0 Å². The number of rotatable bonds is 6. The van der Waals surface area contributed by atoms with E-state index in [1.807, 2.05) is 24.3 Å². The van der Waals surface area contributed by atoms with Crippen molar-refractivity contribution in [3.63, 3.8) is 0 Å². The van der Waals surface area contributed by atoms with Crippen LogP contribution in [0, 0.1) is 0 Å². The molecule has 118 valence electrons. The van der Waals surface area contributed by atoms with Crippen molar-refractivity contribution in [2.24, 2.45) is 5.11 Å². The molecule has 0 heterocycles. The summed E-state index contributed by atoms with van der Waals surface area (Å²) in [6.45, 7) is 4.66. The first kappa shape index (κ1) is 17.0. The molecule has 0 aliphatic heterocycles. The van der Waals surface area contributed by atoms with Gasteiger partial charge in [0.2, 0.25) is 5.91 Å². The van der Waals surface area contributed by atoms with Crippen molar-refractivity contribution in [1.29, 1.82) is 0 Å². The second-order valence-electron chi connectivity index (χ2n) is 6.17. The summed E-state index contributed by atoms with van der Waals surface area (Å²) < 4.78 is 0. The number of amides is 1. The molecule has 2 aromatic carbocycles. The van der Waals surface area contributed by atoms with Gasteiger partial charge in [0.25, 0.3) is 0 Å². The van der Waals surface area contributed by atoms with Crippen LogP contribution in [0.4, 0.5) is 0 Å². The number of hydrogen-bond acceptors (Lipinski definition) is 1. The minimum Gasteiger partial charge on any atom is -0.293 e. The number of carbonyl (C=O) groups is 1. The molecule has 0 saturated carbocycles. The molecule has 0 spiro atoms. The largest absolute Gasteiger partial charge is 0.293 e. The monoisotopic (exact) mass is 323 g/mol. The Morgan fingerprint density at radius 2 is 1.65 bits per heavy atom. The maximum Gasteiger partial charge on any atom is 0.218 e. The Hall–Kier alpha value is -2.36. The second kappa shape index (κ2) is 7.77.